The molecule has 2 fully saturated rings. The minimum absolute atomic E-state index is 0.0455. The van der Waals surface area contributed by atoms with E-state index in [1.807, 2.05) is 11.8 Å². The Balaban J connectivity index is 1.52. The second kappa shape index (κ2) is 6.00. The van der Waals surface area contributed by atoms with Crippen molar-refractivity contribution in [1.82, 2.24) is 14.8 Å². The topological polar surface area (TPSA) is 71.7 Å². The summed E-state index contributed by atoms with van der Waals surface area (Å²) in [6.07, 6.45) is 0.629. The van der Waals surface area contributed by atoms with E-state index in [1.54, 1.807) is 11.3 Å². The van der Waals surface area contributed by atoms with Gasteiger partial charge in [-0.1, -0.05) is 0 Å². The van der Waals surface area contributed by atoms with E-state index in [9.17, 15) is 4.79 Å². The zero-order chi connectivity index (χ0) is 14.9. The second-order valence-corrected chi connectivity index (χ2v) is 6.95. The quantitative estimate of drug-likeness (QED) is 0.864. The van der Waals surface area contributed by atoms with Gasteiger partial charge in [0.05, 0.1) is 17.3 Å². The predicted molar refractivity (Wildman–Crippen MR) is 81.1 cm³/mol. The van der Waals surface area contributed by atoms with Gasteiger partial charge in [-0.15, -0.1) is 11.3 Å². The lowest BCUT2D eigenvalue weighted by molar-refractivity contribution is -0.138. The standard InChI is InChI=1S/C14H22N4O2S/c1-11-16-12(9-21-11)8-17-3-5-18(6-4-17)13(19)14(15)2-7-20-10-14/h9H,2-8,10,15H2,1H3. The lowest BCUT2D eigenvalue weighted by Crippen LogP contribution is -2.59. The van der Waals surface area contributed by atoms with E-state index >= 15 is 0 Å². The van der Waals surface area contributed by atoms with Crippen LogP contribution in [0.3, 0.4) is 0 Å². The highest BCUT2D eigenvalue weighted by Crippen LogP contribution is 2.20. The van der Waals surface area contributed by atoms with Gasteiger partial charge in [-0.2, -0.15) is 0 Å². The van der Waals surface area contributed by atoms with Crippen molar-refractivity contribution in [2.75, 3.05) is 39.4 Å². The van der Waals surface area contributed by atoms with E-state index in [-0.39, 0.29) is 5.91 Å². The Morgan fingerprint density at radius 1 is 1.48 bits per heavy atom. The third-order valence-electron chi connectivity index (χ3n) is 4.19. The minimum Gasteiger partial charge on any atom is -0.379 e. The first kappa shape index (κ1) is 14.9. The molecule has 0 saturated carbocycles. The Morgan fingerprint density at radius 2 is 2.24 bits per heavy atom. The molecule has 1 atom stereocenters. The van der Waals surface area contributed by atoms with Crippen molar-refractivity contribution in [3.63, 3.8) is 0 Å². The number of hydrogen-bond donors (Lipinski definition) is 1. The fourth-order valence-electron chi connectivity index (χ4n) is 2.88. The highest BCUT2D eigenvalue weighted by Gasteiger charge is 2.41. The Hall–Kier alpha value is -1.02. The molecule has 1 aromatic rings. The number of hydrogen-bond acceptors (Lipinski definition) is 6. The molecule has 0 spiro atoms. The van der Waals surface area contributed by atoms with Crippen molar-refractivity contribution in [3.8, 4) is 0 Å². The first-order valence-corrected chi connectivity index (χ1v) is 8.24. The van der Waals surface area contributed by atoms with Crippen molar-refractivity contribution < 1.29 is 9.53 Å². The molecule has 2 saturated heterocycles. The van der Waals surface area contributed by atoms with E-state index in [0.717, 1.165) is 43.4 Å². The van der Waals surface area contributed by atoms with Gasteiger partial charge >= 0.3 is 0 Å². The molecule has 3 heterocycles. The summed E-state index contributed by atoms with van der Waals surface area (Å²) in [5.41, 5.74) is 6.48. The Morgan fingerprint density at radius 3 is 2.81 bits per heavy atom. The molecule has 116 valence electrons. The van der Waals surface area contributed by atoms with E-state index in [2.05, 4.69) is 15.3 Å². The number of nitrogens with two attached hydrogens (primary N) is 1. The summed E-state index contributed by atoms with van der Waals surface area (Å²) in [7, 11) is 0. The number of aromatic nitrogens is 1. The lowest BCUT2D eigenvalue weighted by Gasteiger charge is -2.37. The van der Waals surface area contributed by atoms with Gasteiger partial charge in [-0.3, -0.25) is 9.69 Å². The van der Waals surface area contributed by atoms with Crippen LogP contribution in [0.5, 0.6) is 0 Å². The number of amides is 1. The van der Waals surface area contributed by atoms with Gasteiger partial charge in [0, 0.05) is 44.7 Å². The third kappa shape index (κ3) is 3.26. The molecule has 2 aliphatic heterocycles. The average molecular weight is 310 g/mol. The van der Waals surface area contributed by atoms with Gasteiger partial charge in [-0.05, 0) is 13.3 Å². The zero-order valence-electron chi connectivity index (χ0n) is 12.4. The summed E-state index contributed by atoms with van der Waals surface area (Å²) in [6, 6.07) is 0. The SMILES string of the molecule is Cc1nc(CN2CCN(C(=O)C3(N)CCOC3)CC2)cs1. The predicted octanol–water partition coefficient (Wildman–Crippen LogP) is 0.214. The van der Waals surface area contributed by atoms with E-state index in [1.165, 1.54) is 0 Å². The molecule has 0 aliphatic carbocycles. The summed E-state index contributed by atoms with van der Waals surface area (Å²) < 4.78 is 5.28. The van der Waals surface area contributed by atoms with Gasteiger partial charge in [0.25, 0.3) is 0 Å². The molecule has 1 amide bonds. The molecule has 1 aromatic heterocycles. The summed E-state index contributed by atoms with van der Waals surface area (Å²) >= 11 is 1.68. The van der Waals surface area contributed by atoms with Crippen molar-refractivity contribution >= 4 is 17.2 Å². The first-order chi connectivity index (χ1) is 10.1. The van der Waals surface area contributed by atoms with Crippen molar-refractivity contribution in [1.29, 1.82) is 0 Å². The van der Waals surface area contributed by atoms with Crippen molar-refractivity contribution in [2.24, 2.45) is 5.73 Å². The van der Waals surface area contributed by atoms with Gasteiger partial charge in [0.15, 0.2) is 0 Å². The molecule has 0 bridgehead atoms. The minimum atomic E-state index is -0.797. The van der Waals surface area contributed by atoms with Crippen LogP contribution in [-0.4, -0.2) is 65.6 Å². The smallest absolute Gasteiger partial charge is 0.245 e. The van der Waals surface area contributed by atoms with E-state index in [4.69, 9.17) is 10.5 Å². The normalized spacial score (nSPS) is 27.2. The second-order valence-electron chi connectivity index (χ2n) is 5.88. The van der Waals surface area contributed by atoms with Crippen LogP contribution >= 0.6 is 11.3 Å². The highest BCUT2D eigenvalue weighted by molar-refractivity contribution is 7.09. The van der Waals surface area contributed by atoms with Crippen molar-refractivity contribution in [2.45, 2.75) is 25.4 Å². The molecule has 3 rings (SSSR count). The maximum Gasteiger partial charge on any atom is 0.245 e. The van der Waals surface area contributed by atoms with Crippen LogP contribution in [0, 0.1) is 6.92 Å². The van der Waals surface area contributed by atoms with Crippen LogP contribution in [0.15, 0.2) is 5.38 Å². The number of piperazine rings is 1. The number of thiazole rings is 1. The van der Waals surface area contributed by atoms with E-state index < -0.39 is 5.54 Å². The summed E-state index contributed by atoms with van der Waals surface area (Å²) in [5, 5.41) is 3.21. The molecule has 21 heavy (non-hydrogen) atoms. The Bertz CT molecular complexity index is 505. The van der Waals surface area contributed by atoms with Gasteiger partial charge in [0.1, 0.15) is 5.54 Å². The van der Waals surface area contributed by atoms with Crippen molar-refractivity contribution in [3.05, 3.63) is 16.1 Å². The molecular formula is C14H22N4O2S. The summed E-state index contributed by atoms with van der Waals surface area (Å²) in [6.45, 7) is 7.05. The van der Waals surface area contributed by atoms with Crippen LogP contribution < -0.4 is 5.73 Å². The third-order valence-corrected chi connectivity index (χ3v) is 5.01. The highest BCUT2D eigenvalue weighted by atomic mass is 32.1. The van der Waals surface area contributed by atoms with Gasteiger partial charge < -0.3 is 15.4 Å². The van der Waals surface area contributed by atoms with Crippen LogP contribution in [0.1, 0.15) is 17.1 Å². The number of rotatable bonds is 3. The zero-order valence-corrected chi connectivity index (χ0v) is 13.2. The lowest BCUT2D eigenvalue weighted by atomic mass is 9.98. The summed E-state index contributed by atoms with van der Waals surface area (Å²) in [5.74, 6) is 0.0455. The van der Waals surface area contributed by atoms with Gasteiger partial charge in [-0.25, -0.2) is 4.98 Å². The van der Waals surface area contributed by atoms with Crippen LogP contribution in [0.4, 0.5) is 0 Å². The average Bonchev–Trinajstić information content (AvgIpc) is 3.09. The molecule has 2 N–H and O–H groups in total. The molecular weight excluding hydrogens is 288 g/mol. The largest absolute Gasteiger partial charge is 0.379 e. The number of carbonyl (C=O) groups excluding carboxylic acids is 1. The van der Waals surface area contributed by atoms with Crippen LogP contribution in [0.25, 0.3) is 0 Å². The molecule has 2 aliphatic rings. The molecule has 6 nitrogen and oxygen atoms in total. The first-order valence-electron chi connectivity index (χ1n) is 7.36. The fourth-order valence-corrected chi connectivity index (χ4v) is 3.49. The monoisotopic (exact) mass is 310 g/mol. The van der Waals surface area contributed by atoms with Crippen LogP contribution in [-0.2, 0) is 16.1 Å². The molecule has 0 radical (unpaired) electrons. The summed E-state index contributed by atoms with van der Waals surface area (Å²) in [4.78, 5) is 21.2. The van der Waals surface area contributed by atoms with E-state index in [0.29, 0.717) is 19.6 Å². The number of nitrogens with zero attached hydrogens (tertiary/aromatic N) is 3. The molecule has 1 unspecified atom stereocenters. The van der Waals surface area contributed by atoms with Crippen LogP contribution in [0.2, 0.25) is 0 Å². The molecule has 0 aromatic carbocycles. The number of ether oxygens (including phenoxy) is 1. The Labute approximate surface area is 128 Å². The maximum atomic E-state index is 12.5. The Kier molecular flexibility index (Phi) is 4.26. The fraction of sp³-hybridized carbons (Fsp3) is 0.714. The number of aryl methyl sites for hydroxylation is 1. The molecule has 7 heteroatoms. The number of carbonyl (C=O) groups is 1. The van der Waals surface area contributed by atoms with Gasteiger partial charge in [0.2, 0.25) is 5.91 Å². The maximum absolute atomic E-state index is 12.5.